The Hall–Kier alpha value is -1.52. The molecule has 1 atom stereocenters. The van der Waals surface area contributed by atoms with E-state index in [0.29, 0.717) is 13.0 Å². The van der Waals surface area contributed by atoms with Crippen molar-refractivity contribution in [1.29, 1.82) is 0 Å². The summed E-state index contributed by atoms with van der Waals surface area (Å²) in [6.07, 6.45) is 11.1. The summed E-state index contributed by atoms with van der Waals surface area (Å²) in [4.78, 5) is 23.7. The molecule has 0 heterocycles. The van der Waals surface area contributed by atoms with E-state index in [1.54, 1.807) is 6.92 Å². The lowest BCUT2D eigenvalue weighted by molar-refractivity contribution is -0.146. The number of carbonyl (C=O) groups excluding carboxylic acids is 2. The van der Waals surface area contributed by atoms with Crippen LogP contribution in [0, 0.1) is 5.92 Å². The van der Waals surface area contributed by atoms with Crippen molar-refractivity contribution in [2.45, 2.75) is 84.6 Å². The molecule has 1 unspecified atom stereocenters. The van der Waals surface area contributed by atoms with Crippen molar-refractivity contribution in [3.8, 4) is 0 Å². The maximum absolute atomic E-state index is 12.2. The minimum atomic E-state index is -0.635. The molecule has 25 heavy (non-hydrogen) atoms. The third kappa shape index (κ3) is 14.5. The van der Waals surface area contributed by atoms with E-state index in [1.807, 2.05) is 19.9 Å². The average molecular weight is 356 g/mol. The second-order valence-corrected chi connectivity index (χ2v) is 6.77. The zero-order valence-corrected chi connectivity index (χ0v) is 16.4. The van der Waals surface area contributed by atoms with Crippen molar-refractivity contribution in [1.82, 2.24) is 5.32 Å². The van der Waals surface area contributed by atoms with E-state index < -0.39 is 12.1 Å². The summed E-state index contributed by atoms with van der Waals surface area (Å²) in [5.41, 5.74) is 0. The van der Waals surface area contributed by atoms with Crippen LogP contribution in [0.3, 0.4) is 0 Å². The SMILES string of the molecule is C=CCCCCCCCCCOC(=O)C(CC(C)C)NC(=O)OCC. The molecule has 146 valence electrons. The van der Waals surface area contributed by atoms with E-state index in [-0.39, 0.29) is 18.5 Å². The van der Waals surface area contributed by atoms with Crippen LogP contribution in [0.25, 0.3) is 0 Å². The molecule has 0 aromatic rings. The number of unbranched alkanes of at least 4 members (excludes halogenated alkanes) is 7. The molecule has 0 aromatic carbocycles. The smallest absolute Gasteiger partial charge is 0.407 e. The number of nitrogens with one attached hydrogen (secondary N) is 1. The van der Waals surface area contributed by atoms with Crippen LogP contribution >= 0.6 is 0 Å². The van der Waals surface area contributed by atoms with Crippen LogP contribution < -0.4 is 5.32 Å². The lowest BCUT2D eigenvalue weighted by Crippen LogP contribution is -2.43. The number of allylic oxidation sites excluding steroid dienone is 1. The number of esters is 1. The zero-order chi connectivity index (χ0) is 18.9. The van der Waals surface area contributed by atoms with Crippen LogP contribution in [-0.2, 0) is 14.3 Å². The maximum Gasteiger partial charge on any atom is 0.407 e. The van der Waals surface area contributed by atoms with Gasteiger partial charge in [-0.3, -0.25) is 0 Å². The lowest BCUT2D eigenvalue weighted by Gasteiger charge is -2.19. The molecule has 1 amide bonds. The highest BCUT2D eigenvalue weighted by Crippen LogP contribution is 2.10. The Morgan fingerprint density at radius 1 is 1.00 bits per heavy atom. The molecule has 0 radical (unpaired) electrons. The summed E-state index contributed by atoms with van der Waals surface area (Å²) in [7, 11) is 0. The Kier molecular flexibility index (Phi) is 15.0. The molecular weight excluding hydrogens is 318 g/mol. The van der Waals surface area contributed by atoms with Gasteiger partial charge < -0.3 is 14.8 Å². The molecule has 0 aliphatic heterocycles. The van der Waals surface area contributed by atoms with E-state index in [1.165, 1.54) is 32.1 Å². The predicted octanol–water partition coefficient (Wildman–Crippen LogP) is 5.00. The van der Waals surface area contributed by atoms with E-state index in [9.17, 15) is 9.59 Å². The fraction of sp³-hybridized carbons (Fsp3) is 0.800. The molecule has 0 aliphatic rings. The second-order valence-electron chi connectivity index (χ2n) is 6.77. The molecule has 5 nitrogen and oxygen atoms in total. The molecule has 0 bridgehead atoms. The molecule has 0 saturated carbocycles. The monoisotopic (exact) mass is 355 g/mol. The van der Waals surface area contributed by atoms with Crippen molar-refractivity contribution >= 4 is 12.1 Å². The van der Waals surface area contributed by atoms with Crippen LogP contribution in [-0.4, -0.2) is 31.3 Å². The normalized spacial score (nSPS) is 11.8. The van der Waals surface area contributed by atoms with Gasteiger partial charge in [0.2, 0.25) is 0 Å². The summed E-state index contributed by atoms with van der Waals surface area (Å²) in [6, 6.07) is -0.635. The van der Waals surface area contributed by atoms with Gasteiger partial charge in [0.1, 0.15) is 6.04 Å². The summed E-state index contributed by atoms with van der Waals surface area (Å²) in [6.45, 7) is 10.2. The summed E-state index contributed by atoms with van der Waals surface area (Å²) in [5, 5.41) is 2.59. The third-order valence-electron chi connectivity index (χ3n) is 3.86. The molecule has 0 saturated heterocycles. The first-order valence-corrected chi connectivity index (χ1v) is 9.72. The molecule has 0 rings (SSSR count). The number of ether oxygens (including phenoxy) is 2. The molecular formula is C20H37NO4. The van der Waals surface area contributed by atoms with Crippen LogP contribution in [0.4, 0.5) is 4.79 Å². The Morgan fingerprint density at radius 2 is 1.60 bits per heavy atom. The first-order chi connectivity index (χ1) is 12.0. The number of hydrogen-bond donors (Lipinski definition) is 1. The predicted molar refractivity (Wildman–Crippen MR) is 101 cm³/mol. The van der Waals surface area contributed by atoms with Crippen molar-refractivity contribution in [2.24, 2.45) is 5.92 Å². The van der Waals surface area contributed by atoms with E-state index in [2.05, 4.69) is 11.9 Å². The second kappa shape index (κ2) is 16.0. The molecule has 0 fully saturated rings. The lowest BCUT2D eigenvalue weighted by atomic mass is 10.0. The average Bonchev–Trinajstić information content (AvgIpc) is 2.55. The number of carbonyl (C=O) groups is 2. The Bertz CT molecular complexity index is 369. The number of rotatable bonds is 15. The van der Waals surface area contributed by atoms with Gasteiger partial charge in [0.25, 0.3) is 0 Å². The molecule has 0 aliphatic carbocycles. The van der Waals surface area contributed by atoms with Crippen molar-refractivity contribution in [3.63, 3.8) is 0 Å². The Labute approximate surface area is 153 Å². The van der Waals surface area contributed by atoms with Crippen molar-refractivity contribution in [3.05, 3.63) is 12.7 Å². The molecule has 5 heteroatoms. The van der Waals surface area contributed by atoms with Gasteiger partial charge in [0, 0.05) is 0 Å². The summed E-state index contributed by atoms with van der Waals surface area (Å²) < 4.78 is 10.2. The van der Waals surface area contributed by atoms with Crippen LogP contribution in [0.15, 0.2) is 12.7 Å². The molecule has 0 aromatic heterocycles. The largest absolute Gasteiger partial charge is 0.464 e. The fourth-order valence-corrected chi connectivity index (χ4v) is 2.55. The third-order valence-corrected chi connectivity index (χ3v) is 3.86. The van der Waals surface area contributed by atoms with Gasteiger partial charge in [0.15, 0.2) is 0 Å². The van der Waals surface area contributed by atoms with Crippen molar-refractivity contribution in [2.75, 3.05) is 13.2 Å². The van der Waals surface area contributed by atoms with Crippen LogP contribution in [0.2, 0.25) is 0 Å². The van der Waals surface area contributed by atoms with Crippen LogP contribution in [0.1, 0.15) is 78.6 Å². The first kappa shape index (κ1) is 23.5. The minimum Gasteiger partial charge on any atom is -0.464 e. The number of amides is 1. The van der Waals surface area contributed by atoms with E-state index >= 15 is 0 Å². The highest BCUT2D eigenvalue weighted by molar-refractivity contribution is 5.81. The highest BCUT2D eigenvalue weighted by Gasteiger charge is 2.23. The Morgan fingerprint density at radius 3 is 2.16 bits per heavy atom. The minimum absolute atomic E-state index is 0.278. The molecule has 0 spiro atoms. The number of hydrogen-bond acceptors (Lipinski definition) is 4. The van der Waals surface area contributed by atoms with Gasteiger partial charge in [-0.25, -0.2) is 9.59 Å². The standard InChI is InChI=1S/C20H37NO4/c1-5-7-8-9-10-11-12-13-14-15-25-19(22)18(16-17(3)4)21-20(23)24-6-2/h5,17-18H,1,6-16H2,2-4H3,(H,21,23). The maximum atomic E-state index is 12.2. The van der Waals surface area contributed by atoms with E-state index in [4.69, 9.17) is 9.47 Å². The van der Waals surface area contributed by atoms with Gasteiger partial charge in [-0.1, -0.05) is 52.0 Å². The van der Waals surface area contributed by atoms with Gasteiger partial charge in [-0.05, 0) is 38.5 Å². The Balaban J connectivity index is 3.86. The summed E-state index contributed by atoms with van der Waals surface area (Å²) in [5.74, 6) is -0.0910. The van der Waals surface area contributed by atoms with E-state index in [0.717, 1.165) is 19.3 Å². The van der Waals surface area contributed by atoms with Crippen molar-refractivity contribution < 1.29 is 19.1 Å². The highest BCUT2D eigenvalue weighted by atomic mass is 16.6. The van der Waals surface area contributed by atoms with Gasteiger partial charge in [-0.2, -0.15) is 0 Å². The van der Waals surface area contributed by atoms with Gasteiger partial charge in [0.05, 0.1) is 13.2 Å². The fourth-order valence-electron chi connectivity index (χ4n) is 2.55. The zero-order valence-electron chi connectivity index (χ0n) is 16.4. The molecule has 1 N–H and O–H groups in total. The number of alkyl carbamates (subject to hydrolysis) is 1. The quantitative estimate of drug-likeness (QED) is 0.255. The summed E-state index contributed by atoms with van der Waals surface area (Å²) >= 11 is 0. The van der Waals surface area contributed by atoms with Gasteiger partial charge >= 0.3 is 12.1 Å². The van der Waals surface area contributed by atoms with Crippen LogP contribution in [0.5, 0.6) is 0 Å². The van der Waals surface area contributed by atoms with Gasteiger partial charge in [-0.15, -0.1) is 6.58 Å². The first-order valence-electron chi connectivity index (χ1n) is 9.72. The topological polar surface area (TPSA) is 64.6 Å².